The van der Waals surface area contributed by atoms with Gasteiger partial charge in [0.2, 0.25) is 0 Å². The van der Waals surface area contributed by atoms with Crippen LogP contribution in [0.4, 0.5) is 0 Å². The zero-order valence-corrected chi connectivity index (χ0v) is 13.0. The van der Waals surface area contributed by atoms with E-state index in [1.54, 1.807) is 0 Å². The molecule has 0 aromatic heterocycles. The van der Waals surface area contributed by atoms with Crippen LogP contribution in [0.15, 0.2) is 22.7 Å². The quantitative estimate of drug-likeness (QED) is 0.885. The van der Waals surface area contributed by atoms with Crippen LogP contribution in [0.25, 0.3) is 0 Å². The molecule has 19 heavy (non-hydrogen) atoms. The maximum Gasteiger partial charge on any atom is 0.133 e. The van der Waals surface area contributed by atoms with Crippen molar-refractivity contribution in [3.8, 4) is 5.75 Å². The predicted molar refractivity (Wildman–Crippen MR) is 79.9 cm³/mol. The molecule has 1 unspecified atom stereocenters. The summed E-state index contributed by atoms with van der Waals surface area (Å²) in [5, 5.41) is 0.693. The Bertz CT molecular complexity index is 420. The summed E-state index contributed by atoms with van der Waals surface area (Å²) in [6, 6.07) is 5.52. The van der Waals surface area contributed by atoms with Crippen LogP contribution in [0, 0.1) is 0 Å². The molecular weight excluding hydrogens is 332 g/mol. The van der Waals surface area contributed by atoms with Crippen molar-refractivity contribution in [3.63, 3.8) is 0 Å². The summed E-state index contributed by atoms with van der Waals surface area (Å²) in [6.45, 7) is 4.63. The Kier molecular flexibility index (Phi) is 5.91. The lowest BCUT2D eigenvalue weighted by Gasteiger charge is -2.32. The number of morpholine rings is 1. The summed E-state index contributed by atoms with van der Waals surface area (Å²) >= 11 is 9.32. The average Bonchev–Trinajstić information content (AvgIpc) is 2.41. The maximum absolute atomic E-state index is 5.89. The van der Waals surface area contributed by atoms with Crippen molar-refractivity contribution in [1.29, 1.82) is 0 Å². The predicted octanol–water partition coefficient (Wildman–Crippen LogP) is 2.14. The molecule has 1 heterocycles. The van der Waals surface area contributed by atoms with Gasteiger partial charge in [0.1, 0.15) is 12.4 Å². The van der Waals surface area contributed by atoms with Crippen molar-refractivity contribution in [2.75, 3.05) is 39.4 Å². The Balaban J connectivity index is 1.76. The average molecular weight is 350 g/mol. The van der Waals surface area contributed by atoms with Crippen molar-refractivity contribution in [1.82, 2.24) is 4.90 Å². The molecule has 2 N–H and O–H groups in total. The molecule has 0 aliphatic carbocycles. The fourth-order valence-electron chi connectivity index (χ4n) is 2.00. The summed E-state index contributed by atoms with van der Waals surface area (Å²) in [4.78, 5) is 2.31. The van der Waals surface area contributed by atoms with Crippen LogP contribution in [0.5, 0.6) is 5.75 Å². The number of nitrogens with two attached hydrogens (primary N) is 1. The lowest BCUT2D eigenvalue weighted by molar-refractivity contribution is -0.0261. The minimum Gasteiger partial charge on any atom is -0.491 e. The second kappa shape index (κ2) is 7.45. The normalized spacial score (nSPS) is 20.5. The molecule has 0 saturated carbocycles. The van der Waals surface area contributed by atoms with Crippen molar-refractivity contribution in [2.24, 2.45) is 5.73 Å². The molecule has 1 aromatic carbocycles. The topological polar surface area (TPSA) is 47.7 Å². The molecule has 1 fully saturated rings. The lowest BCUT2D eigenvalue weighted by Crippen LogP contribution is -2.46. The molecular formula is C13H18BrClN2O2. The van der Waals surface area contributed by atoms with Gasteiger partial charge in [-0.25, -0.2) is 0 Å². The minimum absolute atomic E-state index is 0.149. The van der Waals surface area contributed by atoms with Gasteiger partial charge in [0.05, 0.1) is 17.2 Å². The van der Waals surface area contributed by atoms with Gasteiger partial charge >= 0.3 is 0 Å². The molecule has 1 aliphatic heterocycles. The number of nitrogens with zero attached hydrogens (tertiary/aromatic N) is 1. The van der Waals surface area contributed by atoms with E-state index in [1.807, 2.05) is 18.2 Å². The molecule has 0 radical (unpaired) electrons. The van der Waals surface area contributed by atoms with Gasteiger partial charge in [0.15, 0.2) is 0 Å². The van der Waals surface area contributed by atoms with Gasteiger partial charge in [-0.05, 0) is 34.1 Å². The zero-order valence-electron chi connectivity index (χ0n) is 10.6. The number of benzene rings is 1. The molecule has 2 rings (SSSR count). The van der Waals surface area contributed by atoms with Gasteiger partial charge in [-0.1, -0.05) is 11.6 Å². The standard InChI is InChI=1S/C13H18BrClN2O2/c14-12-7-10(15)1-2-13(12)19-6-4-17-3-5-18-11(8-16)9-17/h1-2,7,11H,3-6,8-9,16H2. The third kappa shape index (κ3) is 4.61. The Morgan fingerprint density at radius 1 is 1.53 bits per heavy atom. The van der Waals surface area contributed by atoms with Crippen molar-refractivity contribution < 1.29 is 9.47 Å². The third-order valence-electron chi connectivity index (χ3n) is 3.04. The molecule has 6 heteroatoms. The summed E-state index contributed by atoms with van der Waals surface area (Å²) in [6.07, 6.45) is 0.149. The number of hydrogen-bond acceptors (Lipinski definition) is 4. The van der Waals surface area contributed by atoms with Crippen molar-refractivity contribution in [3.05, 3.63) is 27.7 Å². The SMILES string of the molecule is NCC1CN(CCOc2ccc(Cl)cc2Br)CCO1. The first kappa shape index (κ1) is 15.1. The fourth-order valence-corrected chi connectivity index (χ4v) is 2.80. The highest BCUT2D eigenvalue weighted by molar-refractivity contribution is 9.10. The largest absolute Gasteiger partial charge is 0.491 e. The van der Waals surface area contributed by atoms with Crippen LogP contribution >= 0.6 is 27.5 Å². The first-order valence-electron chi connectivity index (χ1n) is 6.31. The highest BCUT2D eigenvalue weighted by Crippen LogP contribution is 2.27. The Morgan fingerprint density at radius 2 is 2.37 bits per heavy atom. The fraction of sp³-hybridized carbons (Fsp3) is 0.538. The van der Waals surface area contributed by atoms with E-state index in [9.17, 15) is 0 Å². The monoisotopic (exact) mass is 348 g/mol. The first-order chi connectivity index (χ1) is 9.19. The van der Waals surface area contributed by atoms with Gasteiger partial charge in [-0.15, -0.1) is 0 Å². The highest BCUT2D eigenvalue weighted by Gasteiger charge is 2.18. The number of ether oxygens (including phenoxy) is 2. The Labute approximate surface area is 126 Å². The van der Waals surface area contributed by atoms with E-state index >= 15 is 0 Å². The van der Waals surface area contributed by atoms with Gasteiger partial charge in [-0.3, -0.25) is 4.90 Å². The van der Waals surface area contributed by atoms with Crippen LogP contribution in [-0.2, 0) is 4.74 Å². The smallest absolute Gasteiger partial charge is 0.133 e. The van der Waals surface area contributed by atoms with E-state index in [2.05, 4.69) is 20.8 Å². The highest BCUT2D eigenvalue weighted by atomic mass is 79.9. The van der Waals surface area contributed by atoms with Crippen LogP contribution in [0.1, 0.15) is 0 Å². The third-order valence-corrected chi connectivity index (χ3v) is 3.90. The molecule has 1 atom stereocenters. The molecule has 106 valence electrons. The van der Waals surface area contributed by atoms with E-state index in [-0.39, 0.29) is 6.10 Å². The Hall–Kier alpha value is -0.330. The van der Waals surface area contributed by atoms with E-state index in [0.717, 1.165) is 36.5 Å². The molecule has 4 nitrogen and oxygen atoms in total. The van der Waals surface area contributed by atoms with Gasteiger partial charge in [0, 0.05) is 31.2 Å². The summed E-state index contributed by atoms with van der Waals surface area (Å²) in [5.41, 5.74) is 5.62. The van der Waals surface area contributed by atoms with Gasteiger partial charge in [-0.2, -0.15) is 0 Å². The second-order valence-corrected chi connectivity index (χ2v) is 5.74. The summed E-state index contributed by atoms with van der Waals surface area (Å²) in [7, 11) is 0. The maximum atomic E-state index is 5.89. The molecule has 0 amide bonds. The summed E-state index contributed by atoms with van der Waals surface area (Å²) in [5.74, 6) is 0.813. The zero-order chi connectivity index (χ0) is 13.7. The second-order valence-electron chi connectivity index (χ2n) is 4.45. The molecule has 0 spiro atoms. The molecule has 1 aromatic rings. The van der Waals surface area contributed by atoms with E-state index in [1.165, 1.54) is 0 Å². The van der Waals surface area contributed by atoms with Gasteiger partial charge in [0.25, 0.3) is 0 Å². The van der Waals surface area contributed by atoms with Crippen LogP contribution in [0.2, 0.25) is 5.02 Å². The molecule has 1 aliphatic rings. The van der Waals surface area contributed by atoms with Crippen LogP contribution in [-0.4, -0.2) is 50.4 Å². The van der Waals surface area contributed by atoms with Crippen LogP contribution < -0.4 is 10.5 Å². The number of halogens is 2. The van der Waals surface area contributed by atoms with Gasteiger partial charge < -0.3 is 15.2 Å². The Morgan fingerprint density at radius 3 is 3.11 bits per heavy atom. The van der Waals surface area contributed by atoms with Crippen LogP contribution in [0.3, 0.4) is 0 Å². The van der Waals surface area contributed by atoms with E-state index in [0.29, 0.717) is 18.2 Å². The molecule has 0 bridgehead atoms. The van der Waals surface area contributed by atoms with Crippen molar-refractivity contribution >= 4 is 27.5 Å². The number of hydrogen-bond donors (Lipinski definition) is 1. The van der Waals surface area contributed by atoms with E-state index in [4.69, 9.17) is 26.8 Å². The van der Waals surface area contributed by atoms with E-state index < -0.39 is 0 Å². The number of rotatable bonds is 5. The lowest BCUT2D eigenvalue weighted by atomic mass is 10.3. The first-order valence-corrected chi connectivity index (χ1v) is 7.48. The summed E-state index contributed by atoms with van der Waals surface area (Å²) < 4.78 is 12.1. The minimum atomic E-state index is 0.149. The molecule has 1 saturated heterocycles. The van der Waals surface area contributed by atoms with Crippen molar-refractivity contribution in [2.45, 2.75) is 6.10 Å².